The molecule has 1 rings (SSSR count). The maximum absolute atomic E-state index is 11.4. The highest BCUT2D eigenvalue weighted by Gasteiger charge is 2.41. The Morgan fingerprint density at radius 3 is 2.85 bits per heavy atom. The topological polar surface area (TPSA) is 46.6 Å². The van der Waals surface area contributed by atoms with Gasteiger partial charge in [-0.05, 0) is 13.0 Å². The Labute approximate surface area is 77.2 Å². The number of methoxy groups -OCH3 is 1. The molecule has 0 saturated carbocycles. The Morgan fingerprint density at radius 1 is 1.69 bits per heavy atom. The average molecular weight is 183 g/mol. The largest absolute Gasteiger partial charge is 0.467 e. The van der Waals surface area contributed by atoms with Crippen LogP contribution in [-0.4, -0.2) is 36.3 Å². The van der Waals surface area contributed by atoms with Crippen molar-refractivity contribution in [1.29, 1.82) is 0 Å². The molecular formula is C9H13NO3. The van der Waals surface area contributed by atoms with E-state index in [1.807, 2.05) is 0 Å². The number of ketones is 1. The van der Waals surface area contributed by atoms with Crippen LogP contribution in [0.15, 0.2) is 12.3 Å². The van der Waals surface area contributed by atoms with Gasteiger partial charge in [-0.25, -0.2) is 4.79 Å². The van der Waals surface area contributed by atoms with E-state index in [0.717, 1.165) is 0 Å². The van der Waals surface area contributed by atoms with Crippen molar-refractivity contribution < 1.29 is 14.3 Å². The second kappa shape index (κ2) is 3.20. The molecule has 0 aliphatic carbocycles. The molecule has 0 aromatic carbocycles. The van der Waals surface area contributed by atoms with Crippen LogP contribution in [0, 0.1) is 0 Å². The molecule has 1 atom stereocenters. The number of allylic oxidation sites excluding steroid dienone is 1. The predicted molar refractivity (Wildman–Crippen MR) is 46.9 cm³/mol. The molecule has 0 unspecified atom stereocenters. The number of hydrogen-bond acceptors (Lipinski definition) is 4. The van der Waals surface area contributed by atoms with Crippen molar-refractivity contribution in [2.24, 2.45) is 0 Å². The highest BCUT2D eigenvalue weighted by molar-refractivity contribution is 5.97. The van der Waals surface area contributed by atoms with Crippen LogP contribution < -0.4 is 0 Å². The first-order valence-electron chi connectivity index (χ1n) is 4.03. The minimum absolute atomic E-state index is 0.0500. The van der Waals surface area contributed by atoms with E-state index >= 15 is 0 Å². The van der Waals surface area contributed by atoms with Gasteiger partial charge in [0.1, 0.15) is 5.54 Å². The van der Waals surface area contributed by atoms with Crippen LogP contribution in [0.1, 0.15) is 13.3 Å². The summed E-state index contributed by atoms with van der Waals surface area (Å²) >= 11 is 0. The van der Waals surface area contributed by atoms with Crippen LogP contribution >= 0.6 is 0 Å². The van der Waals surface area contributed by atoms with Gasteiger partial charge in [-0.3, -0.25) is 4.79 Å². The molecular weight excluding hydrogens is 170 g/mol. The number of nitrogens with zero attached hydrogens (tertiary/aromatic N) is 1. The Bertz CT molecular complexity index is 272. The fraction of sp³-hybridized carbons (Fsp3) is 0.556. The molecule has 0 radical (unpaired) electrons. The predicted octanol–water partition coefficient (Wildman–Crippen LogP) is 0.336. The zero-order valence-corrected chi connectivity index (χ0v) is 8.03. The Kier molecular flexibility index (Phi) is 2.40. The highest BCUT2D eigenvalue weighted by atomic mass is 16.5. The number of rotatable bonds is 1. The summed E-state index contributed by atoms with van der Waals surface area (Å²) < 4.78 is 4.64. The van der Waals surface area contributed by atoms with Crippen LogP contribution in [0.4, 0.5) is 0 Å². The number of carbonyl (C=O) groups is 2. The van der Waals surface area contributed by atoms with Crippen LogP contribution in [0.3, 0.4) is 0 Å². The molecule has 0 fully saturated rings. The number of esters is 1. The van der Waals surface area contributed by atoms with E-state index in [9.17, 15) is 9.59 Å². The van der Waals surface area contributed by atoms with Gasteiger partial charge in [0.25, 0.3) is 0 Å². The zero-order valence-electron chi connectivity index (χ0n) is 8.03. The van der Waals surface area contributed by atoms with Crippen molar-refractivity contribution in [3.63, 3.8) is 0 Å². The molecule has 1 aliphatic rings. The van der Waals surface area contributed by atoms with Crippen LogP contribution in [0.2, 0.25) is 0 Å². The normalized spacial score (nSPS) is 27.6. The quantitative estimate of drug-likeness (QED) is 0.550. The van der Waals surface area contributed by atoms with Crippen LogP contribution in [-0.2, 0) is 14.3 Å². The minimum Gasteiger partial charge on any atom is -0.467 e. The molecule has 0 aromatic heterocycles. The summed E-state index contributed by atoms with van der Waals surface area (Å²) in [6.07, 6.45) is 3.24. The molecule has 13 heavy (non-hydrogen) atoms. The monoisotopic (exact) mass is 183 g/mol. The van der Waals surface area contributed by atoms with Gasteiger partial charge in [-0.15, -0.1) is 0 Å². The van der Waals surface area contributed by atoms with Gasteiger partial charge >= 0.3 is 5.97 Å². The fourth-order valence-corrected chi connectivity index (χ4v) is 1.32. The number of likely N-dealkylation sites (N-methyl/N-ethyl adjacent to an activating group) is 1. The molecule has 0 saturated heterocycles. The molecule has 72 valence electrons. The van der Waals surface area contributed by atoms with E-state index < -0.39 is 5.54 Å². The third kappa shape index (κ3) is 1.56. The van der Waals surface area contributed by atoms with Gasteiger partial charge in [0, 0.05) is 19.7 Å². The molecule has 4 heteroatoms. The molecule has 1 aliphatic heterocycles. The van der Waals surface area contributed by atoms with E-state index in [4.69, 9.17) is 0 Å². The molecule has 0 N–H and O–H groups in total. The summed E-state index contributed by atoms with van der Waals surface area (Å²) in [6, 6.07) is 0. The molecule has 0 bridgehead atoms. The molecule has 4 nitrogen and oxygen atoms in total. The van der Waals surface area contributed by atoms with Gasteiger partial charge in [-0.1, -0.05) is 0 Å². The van der Waals surface area contributed by atoms with Crippen molar-refractivity contribution in [1.82, 2.24) is 4.90 Å². The average Bonchev–Trinajstić information content (AvgIpc) is 2.10. The van der Waals surface area contributed by atoms with E-state index in [-0.39, 0.29) is 18.2 Å². The third-order valence-corrected chi connectivity index (χ3v) is 2.41. The van der Waals surface area contributed by atoms with Gasteiger partial charge in [0.05, 0.1) is 7.11 Å². The van der Waals surface area contributed by atoms with E-state index in [0.29, 0.717) is 0 Å². The van der Waals surface area contributed by atoms with E-state index in [1.165, 1.54) is 13.2 Å². The van der Waals surface area contributed by atoms with Crippen molar-refractivity contribution in [3.05, 3.63) is 12.3 Å². The maximum atomic E-state index is 11.4. The second-order valence-corrected chi connectivity index (χ2v) is 3.34. The van der Waals surface area contributed by atoms with E-state index in [2.05, 4.69) is 4.74 Å². The summed E-state index contributed by atoms with van der Waals surface area (Å²) in [5.41, 5.74) is -0.847. The Balaban J connectivity index is 2.95. The lowest BCUT2D eigenvalue weighted by Crippen LogP contribution is -2.51. The first-order valence-corrected chi connectivity index (χ1v) is 4.03. The molecule has 1 heterocycles. The zero-order chi connectivity index (χ0) is 10.1. The molecule has 0 amide bonds. The summed E-state index contributed by atoms with van der Waals surface area (Å²) in [5.74, 6) is -0.432. The Morgan fingerprint density at radius 2 is 2.31 bits per heavy atom. The molecule has 0 spiro atoms. The smallest absolute Gasteiger partial charge is 0.331 e. The number of ether oxygens (including phenoxy) is 1. The third-order valence-electron chi connectivity index (χ3n) is 2.41. The highest BCUT2D eigenvalue weighted by Crippen LogP contribution is 2.24. The SMILES string of the molecule is COC(=O)[C@@]1(C)CC(=O)C=CN1C. The maximum Gasteiger partial charge on any atom is 0.331 e. The first-order chi connectivity index (χ1) is 6.00. The summed E-state index contributed by atoms with van der Waals surface area (Å²) in [5, 5.41) is 0. The summed E-state index contributed by atoms with van der Waals surface area (Å²) in [4.78, 5) is 24.2. The van der Waals surface area contributed by atoms with Crippen molar-refractivity contribution in [2.75, 3.05) is 14.2 Å². The first kappa shape index (κ1) is 9.77. The van der Waals surface area contributed by atoms with Crippen molar-refractivity contribution in [2.45, 2.75) is 18.9 Å². The summed E-state index contributed by atoms with van der Waals surface area (Å²) in [6.45, 7) is 1.69. The van der Waals surface area contributed by atoms with Crippen molar-refractivity contribution in [3.8, 4) is 0 Å². The van der Waals surface area contributed by atoms with E-state index in [1.54, 1.807) is 25.1 Å². The standard InChI is InChI=1S/C9H13NO3/c1-9(8(12)13-3)6-7(11)4-5-10(9)2/h4-5H,6H2,1-3H3/t9-/m1/s1. The fourth-order valence-electron chi connectivity index (χ4n) is 1.32. The van der Waals surface area contributed by atoms with Gasteiger partial charge in [0.2, 0.25) is 0 Å². The molecule has 0 aromatic rings. The van der Waals surface area contributed by atoms with Gasteiger partial charge in [0.15, 0.2) is 5.78 Å². The lowest BCUT2D eigenvalue weighted by Gasteiger charge is -2.36. The minimum atomic E-state index is -0.847. The Hall–Kier alpha value is -1.32. The lowest BCUT2D eigenvalue weighted by atomic mass is 9.91. The van der Waals surface area contributed by atoms with Gasteiger partial charge < -0.3 is 9.64 Å². The van der Waals surface area contributed by atoms with Crippen LogP contribution in [0.5, 0.6) is 0 Å². The summed E-state index contributed by atoms with van der Waals surface area (Å²) in [7, 11) is 3.07. The van der Waals surface area contributed by atoms with Gasteiger partial charge in [-0.2, -0.15) is 0 Å². The van der Waals surface area contributed by atoms with Crippen LogP contribution in [0.25, 0.3) is 0 Å². The second-order valence-electron chi connectivity index (χ2n) is 3.34. The number of carbonyl (C=O) groups excluding carboxylic acids is 2. The number of hydrogen-bond donors (Lipinski definition) is 0. The lowest BCUT2D eigenvalue weighted by molar-refractivity contribution is -0.154. The van der Waals surface area contributed by atoms with Crippen molar-refractivity contribution >= 4 is 11.8 Å².